The molecular weight excluding hydrogens is 941 g/mol. The van der Waals surface area contributed by atoms with Gasteiger partial charge in [-0.1, -0.05) is 135 Å². The number of hydrogen-bond donors (Lipinski definition) is 4. The highest BCUT2D eigenvalue weighted by Crippen LogP contribution is 2.42. The molecule has 0 saturated heterocycles. The fourth-order valence-electron chi connectivity index (χ4n) is 7.44. The van der Waals surface area contributed by atoms with Crippen molar-refractivity contribution in [3.8, 4) is 0 Å². The van der Waals surface area contributed by atoms with E-state index in [2.05, 4.69) is 10.6 Å². The molecular formula is C52H70N2O14S2. The van der Waals surface area contributed by atoms with E-state index in [4.69, 9.17) is 18.6 Å². The summed E-state index contributed by atoms with van der Waals surface area (Å²) in [4.78, 5) is 75.2. The predicted molar refractivity (Wildman–Crippen MR) is 270 cm³/mol. The van der Waals surface area contributed by atoms with E-state index in [1.165, 1.54) is 0 Å². The Morgan fingerprint density at radius 3 is 1.20 bits per heavy atom. The monoisotopic (exact) mass is 1010 g/mol. The van der Waals surface area contributed by atoms with Crippen molar-refractivity contribution in [2.45, 2.75) is 120 Å². The third-order valence-corrected chi connectivity index (χ3v) is 12.7. The first-order valence-electron chi connectivity index (χ1n) is 22.8. The van der Waals surface area contributed by atoms with Crippen molar-refractivity contribution < 1.29 is 64.2 Å². The van der Waals surface area contributed by atoms with Gasteiger partial charge in [0.1, 0.15) is 0 Å². The van der Waals surface area contributed by atoms with Crippen LogP contribution in [-0.2, 0) is 58.5 Å². The quantitative estimate of drug-likeness (QED) is 0.0413. The van der Waals surface area contributed by atoms with Crippen LogP contribution in [0.3, 0.4) is 0 Å². The van der Waals surface area contributed by atoms with Gasteiger partial charge in [-0.3, -0.25) is 37.9 Å². The normalized spacial score (nSPS) is 19.9. The Labute approximate surface area is 413 Å². The Kier molecular flexibility index (Phi) is 23.7. The summed E-state index contributed by atoms with van der Waals surface area (Å²) in [6, 6.07) is 0. The third kappa shape index (κ3) is 22.7. The highest BCUT2D eigenvalue weighted by atomic mass is 32.2. The molecule has 0 aromatic carbocycles. The lowest BCUT2D eigenvalue weighted by molar-refractivity contribution is -0.156. The van der Waals surface area contributed by atoms with Crippen molar-refractivity contribution in [1.82, 2.24) is 10.6 Å². The van der Waals surface area contributed by atoms with Crippen LogP contribution in [0.25, 0.3) is 0 Å². The van der Waals surface area contributed by atoms with Gasteiger partial charge in [0, 0.05) is 38.8 Å². The predicted octanol–water partition coefficient (Wildman–Crippen LogP) is 7.58. The Bertz CT molecular complexity index is 2400. The summed E-state index contributed by atoms with van der Waals surface area (Å²) < 4.78 is 71.7. The van der Waals surface area contributed by atoms with Gasteiger partial charge in [-0.05, 0) is 74.7 Å². The molecule has 0 aromatic heterocycles. The number of ketones is 2. The Morgan fingerprint density at radius 1 is 0.557 bits per heavy atom. The molecule has 0 spiro atoms. The maximum Gasteiger partial charge on any atom is 0.307 e. The molecule has 2 aliphatic rings. The first kappa shape index (κ1) is 60.3. The van der Waals surface area contributed by atoms with E-state index >= 15 is 0 Å². The lowest BCUT2D eigenvalue weighted by atomic mass is 9.71. The molecule has 0 saturated carbocycles. The van der Waals surface area contributed by atoms with Crippen LogP contribution in [0.15, 0.2) is 130 Å². The van der Waals surface area contributed by atoms with Gasteiger partial charge in [-0.15, -0.1) is 0 Å². The topological polar surface area (TPSA) is 254 Å². The summed E-state index contributed by atoms with van der Waals surface area (Å²) in [5.41, 5.74) is 5.57. The van der Waals surface area contributed by atoms with E-state index < -0.39 is 78.5 Å². The summed E-state index contributed by atoms with van der Waals surface area (Å²) in [6.07, 6.45) is 24.7. The van der Waals surface area contributed by atoms with E-state index in [-0.39, 0.29) is 63.2 Å². The number of allylic oxidation sites excluding steroid dienone is 20. The second-order valence-corrected chi connectivity index (χ2v) is 21.8. The minimum absolute atomic E-state index is 0.257. The second kappa shape index (κ2) is 27.5. The van der Waals surface area contributed by atoms with E-state index in [0.717, 1.165) is 33.4 Å². The maximum absolute atomic E-state index is 13.2. The maximum atomic E-state index is 13.2. The molecule has 0 fully saturated rings. The van der Waals surface area contributed by atoms with Crippen LogP contribution in [0.4, 0.5) is 0 Å². The summed E-state index contributed by atoms with van der Waals surface area (Å²) in [5.74, 6) is -4.51. The first-order chi connectivity index (χ1) is 32.4. The van der Waals surface area contributed by atoms with Gasteiger partial charge in [0.15, 0.2) is 23.8 Å². The lowest BCUT2D eigenvalue weighted by Gasteiger charge is -2.36. The molecule has 0 heterocycles. The van der Waals surface area contributed by atoms with Crippen molar-refractivity contribution in [3.05, 3.63) is 130 Å². The number of rotatable bonds is 24. The number of Topliss-reactive ketones (excluding diaryl/α,β-unsaturated/α-hetero) is 2. The van der Waals surface area contributed by atoms with Gasteiger partial charge in [-0.25, -0.2) is 0 Å². The molecule has 0 radical (unpaired) electrons. The van der Waals surface area contributed by atoms with Crippen molar-refractivity contribution in [2.24, 2.45) is 10.8 Å². The van der Waals surface area contributed by atoms with Crippen LogP contribution in [0.5, 0.6) is 0 Å². The molecule has 2 rings (SSSR count). The Morgan fingerprint density at radius 2 is 0.871 bits per heavy atom. The average molecular weight is 1010 g/mol. The Balaban J connectivity index is 1.93. The fourth-order valence-corrected chi connectivity index (χ4v) is 8.16. The van der Waals surface area contributed by atoms with Crippen molar-refractivity contribution in [1.29, 1.82) is 0 Å². The van der Waals surface area contributed by atoms with E-state index in [0.29, 0.717) is 11.1 Å². The van der Waals surface area contributed by atoms with E-state index in [1.807, 2.05) is 140 Å². The van der Waals surface area contributed by atoms with Gasteiger partial charge < -0.3 is 20.1 Å². The minimum atomic E-state index is -4.22. The number of ether oxygens (including phenoxy) is 2. The molecule has 2 unspecified atom stereocenters. The highest BCUT2D eigenvalue weighted by molar-refractivity contribution is 7.86. The average Bonchev–Trinajstić information content (AvgIpc) is 3.23. The van der Waals surface area contributed by atoms with Crippen LogP contribution in [0.2, 0.25) is 0 Å². The standard InChI is InChI=1S/C52H70N2O14S2/c1-35(17-13-19-37(3)21-23-41-39(5)49(59)43(33-51(41,7)8)67-47(57)27-25-45(55)53-29-31-69(61,62)63)15-11-12-16-36(2)18-14-20-38(4)22-24-42-40(6)50(60)44(34-52(42,9)10)68-48(58)28-26-46(56)54-30-32-70(64,65)66/h11-24,43-44H,25-34H2,1-10H3,(H,53,55)(H,54,56)(H,61,62,63)(H,64,65,66). The SMILES string of the molecule is CC(C=CC=C(C)C=CC1=C(C)C(=O)C(OC(=O)CCC(=O)NCCS(=O)(=O)O)CC1(C)C)=CC=CC=C(C)C=CC=C(C)C=CC1=C(C)C(=O)C(OC(=O)CCC(=O)NCCS(=O)(=O)O)CC1(C)C. The molecule has 384 valence electrons. The summed E-state index contributed by atoms with van der Waals surface area (Å²) in [7, 11) is -8.45. The molecule has 16 nitrogen and oxygen atoms in total. The van der Waals surface area contributed by atoms with E-state index in [9.17, 15) is 45.6 Å². The molecule has 2 aliphatic carbocycles. The molecule has 4 N–H and O–H groups in total. The van der Waals surface area contributed by atoms with Gasteiger partial charge in [-0.2, -0.15) is 16.8 Å². The molecule has 0 bridgehead atoms. The van der Waals surface area contributed by atoms with Gasteiger partial charge in [0.25, 0.3) is 20.2 Å². The lowest BCUT2D eigenvalue weighted by Crippen LogP contribution is -2.39. The third-order valence-electron chi connectivity index (χ3n) is 11.3. The molecule has 2 atom stereocenters. The number of amides is 2. The Hall–Kier alpha value is -5.82. The van der Waals surface area contributed by atoms with Crippen molar-refractivity contribution in [3.63, 3.8) is 0 Å². The minimum Gasteiger partial charge on any atom is -0.454 e. The van der Waals surface area contributed by atoms with Crippen molar-refractivity contribution in [2.75, 3.05) is 24.6 Å². The number of carbonyl (C=O) groups excluding carboxylic acids is 6. The fraction of sp³-hybridized carbons (Fsp3) is 0.462. The molecule has 0 aromatic rings. The van der Waals surface area contributed by atoms with Crippen LogP contribution in [-0.4, -0.2) is 98.1 Å². The molecule has 18 heteroatoms. The highest BCUT2D eigenvalue weighted by Gasteiger charge is 2.41. The number of hydrogen-bond acceptors (Lipinski definition) is 12. The van der Waals surface area contributed by atoms with Crippen LogP contribution < -0.4 is 10.6 Å². The molecule has 2 amide bonds. The zero-order valence-electron chi connectivity index (χ0n) is 41.9. The van der Waals surface area contributed by atoms with Gasteiger partial charge in [0.2, 0.25) is 11.8 Å². The number of carbonyl (C=O) groups is 6. The number of esters is 2. The molecule has 70 heavy (non-hydrogen) atoms. The van der Waals surface area contributed by atoms with Crippen LogP contribution in [0.1, 0.15) is 108 Å². The van der Waals surface area contributed by atoms with E-state index in [1.54, 1.807) is 13.8 Å². The first-order valence-corrected chi connectivity index (χ1v) is 26.0. The van der Waals surface area contributed by atoms with Crippen LogP contribution in [0, 0.1) is 10.8 Å². The summed E-state index contributed by atoms with van der Waals surface area (Å²) in [6.45, 7) is 18.5. The van der Waals surface area contributed by atoms with Gasteiger partial charge in [0.05, 0.1) is 24.3 Å². The van der Waals surface area contributed by atoms with Gasteiger partial charge >= 0.3 is 11.9 Å². The summed E-state index contributed by atoms with van der Waals surface area (Å²) in [5, 5.41) is 4.60. The van der Waals surface area contributed by atoms with Crippen molar-refractivity contribution >= 4 is 55.6 Å². The smallest absolute Gasteiger partial charge is 0.307 e. The largest absolute Gasteiger partial charge is 0.454 e. The summed E-state index contributed by atoms with van der Waals surface area (Å²) >= 11 is 0. The zero-order chi connectivity index (χ0) is 53.0. The van der Waals surface area contributed by atoms with Crippen LogP contribution >= 0.6 is 0 Å². The zero-order valence-corrected chi connectivity index (χ0v) is 43.6. The number of nitrogens with one attached hydrogen (secondary N) is 2. The molecule has 0 aliphatic heterocycles. The second-order valence-electron chi connectivity index (χ2n) is 18.6.